The molecule has 0 saturated carbocycles. The Morgan fingerprint density at radius 1 is 1.00 bits per heavy atom. The number of thiol groups is 1. The van der Waals surface area contributed by atoms with Crippen molar-refractivity contribution in [2.45, 2.75) is 43.4 Å². The quantitative estimate of drug-likeness (QED) is 0.137. The summed E-state index contributed by atoms with van der Waals surface area (Å²) in [6.45, 7) is 0. The van der Waals surface area contributed by atoms with E-state index < -0.39 is 60.2 Å². The lowest BCUT2D eigenvalue weighted by atomic mass is 10.0. The molecule has 4 unspecified atom stereocenters. The van der Waals surface area contributed by atoms with E-state index >= 15 is 0 Å². The summed E-state index contributed by atoms with van der Waals surface area (Å²) in [5, 5.41) is 26.7. The number of hydrogen-bond acceptors (Lipinski definition) is 8. The zero-order valence-electron chi connectivity index (χ0n) is 20.1. The molecule has 1 aromatic heterocycles. The topological polar surface area (TPSA) is 204 Å². The van der Waals surface area contributed by atoms with Crippen molar-refractivity contribution < 1.29 is 34.2 Å². The number of carbonyl (C=O) groups is 5. The number of amides is 3. The fourth-order valence-electron chi connectivity index (χ4n) is 3.50. The van der Waals surface area contributed by atoms with E-state index in [4.69, 9.17) is 5.73 Å². The van der Waals surface area contributed by atoms with Crippen LogP contribution in [0.3, 0.4) is 0 Å². The Hall–Kier alpha value is -3.23. The van der Waals surface area contributed by atoms with Gasteiger partial charge < -0.3 is 36.9 Å². The highest BCUT2D eigenvalue weighted by molar-refractivity contribution is 7.98. The molecule has 1 aromatic carbocycles. The zero-order valence-corrected chi connectivity index (χ0v) is 21.8. The second kappa shape index (κ2) is 14.5. The van der Waals surface area contributed by atoms with Crippen molar-refractivity contribution in [3.8, 4) is 0 Å². The van der Waals surface area contributed by atoms with E-state index in [1.807, 2.05) is 30.5 Å². The number of carbonyl (C=O) groups excluding carboxylic acids is 3. The smallest absolute Gasteiger partial charge is 0.326 e. The van der Waals surface area contributed by atoms with Gasteiger partial charge >= 0.3 is 11.9 Å². The van der Waals surface area contributed by atoms with Gasteiger partial charge in [0.1, 0.15) is 18.1 Å². The van der Waals surface area contributed by atoms with Gasteiger partial charge in [0.2, 0.25) is 17.7 Å². The van der Waals surface area contributed by atoms with Gasteiger partial charge in [0, 0.05) is 29.3 Å². The number of nitrogens with two attached hydrogens (primary N) is 1. The van der Waals surface area contributed by atoms with Gasteiger partial charge in [0.25, 0.3) is 0 Å². The van der Waals surface area contributed by atoms with Crippen LogP contribution in [0.1, 0.15) is 18.4 Å². The highest BCUT2D eigenvalue weighted by Crippen LogP contribution is 2.19. The van der Waals surface area contributed by atoms with Crippen molar-refractivity contribution in [3.63, 3.8) is 0 Å². The molecular weight excluding hydrogens is 522 g/mol. The molecule has 0 aliphatic heterocycles. The van der Waals surface area contributed by atoms with Crippen LogP contribution in [0.5, 0.6) is 0 Å². The van der Waals surface area contributed by atoms with Crippen molar-refractivity contribution in [1.29, 1.82) is 0 Å². The van der Waals surface area contributed by atoms with Gasteiger partial charge in [0.05, 0.1) is 12.5 Å². The number of aromatic nitrogens is 1. The molecule has 14 heteroatoms. The number of aromatic amines is 1. The summed E-state index contributed by atoms with van der Waals surface area (Å²) in [7, 11) is 0. The first-order valence-electron chi connectivity index (χ1n) is 11.3. The first kappa shape index (κ1) is 30.0. The predicted molar refractivity (Wildman–Crippen MR) is 143 cm³/mol. The van der Waals surface area contributed by atoms with Crippen LogP contribution in [0.2, 0.25) is 0 Å². The minimum Gasteiger partial charge on any atom is -0.481 e. The fourth-order valence-corrected chi connectivity index (χ4v) is 4.24. The van der Waals surface area contributed by atoms with Crippen molar-refractivity contribution in [3.05, 3.63) is 36.0 Å². The molecule has 0 fully saturated rings. The molecule has 0 saturated heterocycles. The Labute approximate surface area is 222 Å². The third-order valence-corrected chi connectivity index (χ3v) is 6.52. The lowest BCUT2D eigenvalue weighted by Crippen LogP contribution is -2.58. The summed E-state index contributed by atoms with van der Waals surface area (Å²) < 4.78 is 0. The number of hydrogen-bond donors (Lipinski definition) is 8. The van der Waals surface area contributed by atoms with E-state index in [0.717, 1.165) is 10.9 Å². The number of fused-ring (bicyclic) bond motifs is 1. The molecular formula is C23H31N5O7S2. The number of benzene rings is 1. The Bertz CT molecular complexity index is 1130. The maximum Gasteiger partial charge on any atom is 0.326 e. The standard InChI is InChI=1S/C23H31N5O7S2/c1-37-7-6-14(24)20(31)26-16(9-19(29)30)21(32)28-18(11-36)22(33)27-17(23(34)35)8-12-10-25-15-5-3-2-4-13(12)15/h2-5,10,14,16-18,25,36H,6-9,11,24H2,1H3,(H,26,31)(H,27,33)(H,28,32)(H,29,30)(H,34,35). The number of para-hydroxylation sites is 1. The molecule has 202 valence electrons. The van der Waals surface area contributed by atoms with Crippen LogP contribution in [-0.4, -0.2) is 86.8 Å². The molecule has 0 aliphatic rings. The normalized spacial score (nSPS) is 14.2. The Kier molecular flexibility index (Phi) is 11.8. The van der Waals surface area contributed by atoms with E-state index in [2.05, 4.69) is 33.6 Å². The van der Waals surface area contributed by atoms with Gasteiger partial charge in [-0.3, -0.25) is 19.2 Å². The van der Waals surface area contributed by atoms with E-state index in [-0.39, 0.29) is 12.2 Å². The Morgan fingerprint density at radius 3 is 2.24 bits per heavy atom. The Morgan fingerprint density at radius 2 is 1.62 bits per heavy atom. The Balaban J connectivity index is 2.08. The van der Waals surface area contributed by atoms with Crippen LogP contribution in [0.25, 0.3) is 10.9 Å². The molecule has 0 radical (unpaired) electrons. The van der Waals surface area contributed by atoms with Crippen LogP contribution < -0.4 is 21.7 Å². The van der Waals surface area contributed by atoms with E-state index in [1.54, 1.807) is 6.20 Å². The first-order valence-corrected chi connectivity index (χ1v) is 13.4. The minimum atomic E-state index is -1.50. The van der Waals surface area contributed by atoms with Gasteiger partial charge in [-0.1, -0.05) is 18.2 Å². The van der Waals surface area contributed by atoms with Crippen molar-refractivity contribution in [2.75, 3.05) is 17.8 Å². The summed E-state index contributed by atoms with van der Waals surface area (Å²) >= 11 is 5.54. The SMILES string of the molecule is CSCCC(N)C(=O)NC(CC(=O)O)C(=O)NC(CS)C(=O)NC(Cc1c[nH]c2ccccc12)C(=O)O. The average molecular weight is 554 g/mol. The van der Waals surface area contributed by atoms with Gasteiger partial charge in [0.15, 0.2) is 0 Å². The molecule has 0 bridgehead atoms. The molecule has 3 amide bonds. The summed E-state index contributed by atoms with van der Waals surface area (Å²) in [6, 6.07) is 2.25. The fraction of sp³-hybridized carbons (Fsp3) is 0.435. The van der Waals surface area contributed by atoms with Gasteiger partial charge in [-0.2, -0.15) is 24.4 Å². The third-order valence-electron chi connectivity index (χ3n) is 5.51. The predicted octanol–water partition coefficient (Wildman–Crippen LogP) is -0.266. The number of thioether (sulfide) groups is 1. The largest absolute Gasteiger partial charge is 0.481 e. The van der Waals surface area contributed by atoms with Gasteiger partial charge in [-0.15, -0.1) is 0 Å². The highest BCUT2D eigenvalue weighted by Gasteiger charge is 2.31. The maximum absolute atomic E-state index is 12.8. The summed E-state index contributed by atoms with van der Waals surface area (Å²) in [5.41, 5.74) is 7.28. The first-order chi connectivity index (χ1) is 17.6. The maximum atomic E-state index is 12.8. The molecule has 37 heavy (non-hydrogen) atoms. The second-order valence-electron chi connectivity index (χ2n) is 8.25. The number of carboxylic acid groups (broad SMARTS) is 2. The molecule has 2 rings (SSSR count). The van der Waals surface area contributed by atoms with Crippen molar-refractivity contribution in [1.82, 2.24) is 20.9 Å². The van der Waals surface area contributed by atoms with Crippen LogP contribution >= 0.6 is 24.4 Å². The molecule has 8 N–H and O–H groups in total. The van der Waals surface area contributed by atoms with Crippen LogP contribution in [0.4, 0.5) is 0 Å². The number of carboxylic acids is 2. The number of rotatable bonds is 15. The summed E-state index contributed by atoms with van der Waals surface area (Å²) in [4.78, 5) is 64.1. The summed E-state index contributed by atoms with van der Waals surface area (Å²) in [5.74, 6) is -4.72. The minimum absolute atomic E-state index is 0.0239. The van der Waals surface area contributed by atoms with Crippen LogP contribution in [0, 0.1) is 0 Å². The molecule has 4 atom stereocenters. The lowest BCUT2D eigenvalue weighted by molar-refractivity contribution is -0.143. The van der Waals surface area contributed by atoms with Crippen molar-refractivity contribution >= 4 is 65.0 Å². The molecule has 1 heterocycles. The van der Waals surface area contributed by atoms with Crippen LogP contribution in [0.15, 0.2) is 30.5 Å². The zero-order chi connectivity index (χ0) is 27.5. The summed E-state index contributed by atoms with van der Waals surface area (Å²) in [6.07, 6.45) is 3.05. The van der Waals surface area contributed by atoms with Crippen molar-refractivity contribution in [2.24, 2.45) is 5.73 Å². The van der Waals surface area contributed by atoms with Crippen LogP contribution in [-0.2, 0) is 30.4 Å². The molecule has 0 aliphatic carbocycles. The number of nitrogens with one attached hydrogen (secondary N) is 4. The lowest BCUT2D eigenvalue weighted by Gasteiger charge is -2.23. The number of H-pyrrole nitrogens is 1. The van der Waals surface area contributed by atoms with E-state index in [0.29, 0.717) is 17.7 Å². The third kappa shape index (κ3) is 8.98. The van der Waals surface area contributed by atoms with E-state index in [9.17, 15) is 34.2 Å². The van der Waals surface area contributed by atoms with Gasteiger partial charge in [-0.25, -0.2) is 4.79 Å². The molecule has 12 nitrogen and oxygen atoms in total. The monoisotopic (exact) mass is 553 g/mol. The van der Waals surface area contributed by atoms with Gasteiger partial charge in [-0.05, 0) is 30.1 Å². The molecule has 2 aromatic rings. The molecule has 0 spiro atoms. The highest BCUT2D eigenvalue weighted by atomic mass is 32.2. The average Bonchev–Trinajstić information content (AvgIpc) is 3.27. The number of aliphatic carboxylic acids is 2. The van der Waals surface area contributed by atoms with E-state index in [1.165, 1.54) is 11.8 Å². The second-order valence-corrected chi connectivity index (χ2v) is 9.60.